The van der Waals surface area contributed by atoms with E-state index in [2.05, 4.69) is 10.3 Å². The molecule has 0 aliphatic carbocycles. The average molecular weight is 268 g/mol. The lowest BCUT2D eigenvalue weighted by atomic mass is 10.2. The predicted molar refractivity (Wildman–Crippen MR) is 68.5 cm³/mol. The maximum Gasteiger partial charge on any atom is 0.126 e. The van der Waals surface area contributed by atoms with Gasteiger partial charge in [-0.05, 0) is 31.5 Å². The number of nitrogens with one attached hydrogen (secondary N) is 1. The lowest BCUT2D eigenvalue weighted by Gasteiger charge is -2.11. The van der Waals surface area contributed by atoms with E-state index in [1.807, 2.05) is 19.2 Å². The van der Waals surface area contributed by atoms with Gasteiger partial charge >= 0.3 is 0 Å². The zero-order chi connectivity index (χ0) is 13.1. The molecule has 0 spiro atoms. The van der Waals surface area contributed by atoms with E-state index in [-0.39, 0.29) is 6.04 Å². The van der Waals surface area contributed by atoms with Crippen molar-refractivity contribution in [2.45, 2.75) is 26.4 Å². The number of halogens is 2. The van der Waals surface area contributed by atoms with Crippen molar-refractivity contribution < 1.29 is 8.78 Å². The van der Waals surface area contributed by atoms with Gasteiger partial charge in [0.2, 0.25) is 0 Å². The van der Waals surface area contributed by atoms with Crippen LogP contribution in [0.25, 0.3) is 0 Å². The van der Waals surface area contributed by atoms with Crippen LogP contribution in [-0.2, 0) is 6.54 Å². The highest BCUT2D eigenvalue weighted by molar-refractivity contribution is 7.09. The van der Waals surface area contributed by atoms with Crippen molar-refractivity contribution in [2.24, 2.45) is 0 Å². The van der Waals surface area contributed by atoms with Gasteiger partial charge < -0.3 is 5.32 Å². The van der Waals surface area contributed by atoms with E-state index >= 15 is 0 Å². The molecule has 1 unspecified atom stereocenters. The predicted octanol–water partition coefficient (Wildman–Crippen LogP) is 3.58. The Hall–Kier alpha value is -1.33. The molecule has 0 fully saturated rings. The summed E-state index contributed by atoms with van der Waals surface area (Å²) in [7, 11) is 0. The Bertz CT molecular complexity index is 519. The molecule has 0 aliphatic rings. The van der Waals surface area contributed by atoms with Gasteiger partial charge in [0, 0.05) is 23.7 Å². The normalized spacial score (nSPS) is 12.7. The minimum atomic E-state index is -0.551. The Labute approximate surface area is 109 Å². The molecule has 1 heterocycles. The SMILES string of the molecule is Cc1csc(C(C)NCc2cc(F)cc(F)c2)n1. The molecule has 96 valence electrons. The molecule has 0 saturated carbocycles. The van der Waals surface area contributed by atoms with Crippen LogP contribution in [0.1, 0.15) is 29.2 Å². The van der Waals surface area contributed by atoms with Gasteiger partial charge in [0.15, 0.2) is 0 Å². The number of benzene rings is 1. The van der Waals surface area contributed by atoms with Crippen LogP contribution in [0.4, 0.5) is 8.78 Å². The molecule has 0 bridgehead atoms. The molecular formula is C13H14F2N2S. The Balaban J connectivity index is 1.99. The largest absolute Gasteiger partial charge is 0.304 e. The molecule has 0 saturated heterocycles. The zero-order valence-corrected chi connectivity index (χ0v) is 11.0. The summed E-state index contributed by atoms with van der Waals surface area (Å²) in [5.74, 6) is -1.10. The van der Waals surface area contributed by atoms with E-state index < -0.39 is 11.6 Å². The first kappa shape index (κ1) is 13.1. The van der Waals surface area contributed by atoms with Gasteiger partial charge in [-0.25, -0.2) is 13.8 Å². The molecule has 2 aromatic rings. The third-order valence-corrected chi connectivity index (χ3v) is 3.69. The maximum absolute atomic E-state index is 13.0. The van der Waals surface area contributed by atoms with Crippen LogP contribution >= 0.6 is 11.3 Å². The summed E-state index contributed by atoms with van der Waals surface area (Å²) >= 11 is 1.58. The number of rotatable bonds is 4. The minimum absolute atomic E-state index is 0.0648. The van der Waals surface area contributed by atoms with Crippen molar-refractivity contribution in [1.29, 1.82) is 0 Å². The van der Waals surface area contributed by atoms with E-state index in [0.29, 0.717) is 12.1 Å². The molecule has 2 nitrogen and oxygen atoms in total. The molecule has 5 heteroatoms. The summed E-state index contributed by atoms with van der Waals surface area (Å²) in [6, 6.07) is 3.60. The van der Waals surface area contributed by atoms with Crippen LogP contribution in [0.5, 0.6) is 0 Å². The van der Waals surface area contributed by atoms with Crippen molar-refractivity contribution in [1.82, 2.24) is 10.3 Å². The van der Waals surface area contributed by atoms with E-state index in [1.54, 1.807) is 11.3 Å². The van der Waals surface area contributed by atoms with E-state index in [0.717, 1.165) is 16.8 Å². The second-order valence-electron chi connectivity index (χ2n) is 4.21. The van der Waals surface area contributed by atoms with Gasteiger partial charge in [0.25, 0.3) is 0 Å². The Morgan fingerprint density at radius 2 is 1.94 bits per heavy atom. The lowest BCUT2D eigenvalue weighted by molar-refractivity contribution is 0.552. The number of aromatic nitrogens is 1. The van der Waals surface area contributed by atoms with Crippen molar-refractivity contribution in [2.75, 3.05) is 0 Å². The van der Waals surface area contributed by atoms with Gasteiger partial charge in [0.1, 0.15) is 16.6 Å². The fourth-order valence-corrected chi connectivity index (χ4v) is 2.47. The topological polar surface area (TPSA) is 24.9 Å². The monoisotopic (exact) mass is 268 g/mol. The second kappa shape index (κ2) is 5.54. The summed E-state index contributed by atoms with van der Waals surface area (Å²) in [5, 5.41) is 6.16. The first-order valence-electron chi connectivity index (χ1n) is 5.65. The number of hydrogen-bond acceptors (Lipinski definition) is 3. The Kier molecular flexibility index (Phi) is 4.04. The van der Waals surface area contributed by atoms with Gasteiger partial charge in [-0.3, -0.25) is 0 Å². The van der Waals surface area contributed by atoms with Crippen molar-refractivity contribution in [3.63, 3.8) is 0 Å². The highest BCUT2D eigenvalue weighted by atomic mass is 32.1. The number of aryl methyl sites for hydroxylation is 1. The molecule has 2 rings (SSSR count). The average Bonchev–Trinajstić information content (AvgIpc) is 2.71. The molecule has 18 heavy (non-hydrogen) atoms. The van der Waals surface area contributed by atoms with Crippen molar-refractivity contribution in [3.8, 4) is 0 Å². The molecule has 0 amide bonds. The lowest BCUT2D eigenvalue weighted by Crippen LogP contribution is -2.18. The molecule has 1 aromatic heterocycles. The highest BCUT2D eigenvalue weighted by Gasteiger charge is 2.09. The van der Waals surface area contributed by atoms with Crippen LogP contribution in [0.2, 0.25) is 0 Å². The maximum atomic E-state index is 13.0. The quantitative estimate of drug-likeness (QED) is 0.916. The highest BCUT2D eigenvalue weighted by Crippen LogP contribution is 2.18. The molecule has 1 atom stereocenters. The summed E-state index contributed by atoms with van der Waals surface area (Å²) in [4.78, 5) is 4.37. The Morgan fingerprint density at radius 1 is 1.28 bits per heavy atom. The van der Waals surface area contributed by atoms with Crippen molar-refractivity contribution >= 4 is 11.3 Å². The molecule has 1 N–H and O–H groups in total. The number of hydrogen-bond donors (Lipinski definition) is 1. The Morgan fingerprint density at radius 3 is 2.50 bits per heavy atom. The molecular weight excluding hydrogens is 254 g/mol. The zero-order valence-electron chi connectivity index (χ0n) is 10.2. The van der Waals surface area contributed by atoms with Crippen LogP contribution in [-0.4, -0.2) is 4.98 Å². The summed E-state index contributed by atoms with van der Waals surface area (Å²) < 4.78 is 26.0. The van der Waals surface area contributed by atoms with Gasteiger partial charge in [-0.2, -0.15) is 0 Å². The first-order chi connectivity index (χ1) is 8.54. The van der Waals surface area contributed by atoms with E-state index in [4.69, 9.17) is 0 Å². The fraction of sp³-hybridized carbons (Fsp3) is 0.308. The van der Waals surface area contributed by atoms with Crippen molar-refractivity contribution in [3.05, 3.63) is 51.5 Å². The summed E-state index contributed by atoms with van der Waals surface area (Å²) in [5.41, 5.74) is 1.58. The minimum Gasteiger partial charge on any atom is -0.304 e. The van der Waals surface area contributed by atoms with Gasteiger partial charge in [0.05, 0.1) is 6.04 Å². The first-order valence-corrected chi connectivity index (χ1v) is 6.53. The van der Waals surface area contributed by atoms with Crippen LogP contribution in [0.15, 0.2) is 23.6 Å². The molecule has 1 aromatic carbocycles. The number of thiazole rings is 1. The van der Waals surface area contributed by atoms with E-state index in [9.17, 15) is 8.78 Å². The number of nitrogens with zero attached hydrogens (tertiary/aromatic N) is 1. The van der Waals surface area contributed by atoms with Gasteiger partial charge in [-0.1, -0.05) is 0 Å². The third kappa shape index (κ3) is 3.34. The van der Waals surface area contributed by atoms with E-state index in [1.165, 1.54) is 12.1 Å². The fourth-order valence-electron chi connectivity index (χ4n) is 1.64. The van der Waals surface area contributed by atoms with Crippen LogP contribution < -0.4 is 5.32 Å². The molecule has 0 radical (unpaired) electrons. The summed E-state index contributed by atoms with van der Waals surface area (Å²) in [6.07, 6.45) is 0. The summed E-state index contributed by atoms with van der Waals surface area (Å²) in [6.45, 7) is 4.33. The smallest absolute Gasteiger partial charge is 0.126 e. The molecule has 0 aliphatic heterocycles. The van der Waals surface area contributed by atoms with Crippen LogP contribution in [0.3, 0.4) is 0 Å². The van der Waals surface area contributed by atoms with Crippen LogP contribution in [0, 0.1) is 18.6 Å². The third-order valence-electron chi connectivity index (χ3n) is 2.54. The van der Waals surface area contributed by atoms with Gasteiger partial charge in [-0.15, -0.1) is 11.3 Å². The second-order valence-corrected chi connectivity index (χ2v) is 5.10. The standard InChI is InChI=1S/C13H14F2N2S/c1-8-7-18-13(17-8)9(2)16-6-10-3-11(14)5-12(15)4-10/h3-5,7,9,16H,6H2,1-2H3.